The summed E-state index contributed by atoms with van der Waals surface area (Å²) >= 11 is 0. The van der Waals surface area contributed by atoms with Crippen LogP contribution in [0.25, 0.3) is 0 Å². The number of benzene rings is 2. The number of aliphatic carboxylic acids is 1. The number of nitrogens with one attached hydrogen (secondary N) is 1. The van der Waals surface area contributed by atoms with E-state index in [0.717, 1.165) is 6.26 Å². The number of sulfone groups is 1. The molecule has 0 aliphatic rings. The molecule has 0 fully saturated rings. The lowest BCUT2D eigenvalue weighted by molar-refractivity contribution is -0.137. The van der Waals surface area contributed by atoms with Gasteiger partial charge in [0.05, 0.1) is 17.4 Å². The highest BCUT2D eigenvalue weighted by atomic mass is 32.2. The van der Waals surface area contributed by atoms with Crippen molar-refractivity contribution in [2.45, 2.75) is 30.7 Å². The number of halogens is 1. The Morgan fingerprint density at radius 3 is 2.30 bits per heavy atom. The first-order chi connectivity index (χ1) is 12.6. The van der Waals surface area contributed by atoms with Crippen molar-refractivity contribution in [2.24, 2.45) is 0 Å². The lowest BCUT2D eigenvalue weighted by atomic mass is 10.0. The van der Waals surface area contributed by atoms with Gasteiger partial charge in [-0.25, -0.2) is 12.8 Å². The second-order valence-corrected chi connectivity index (χ2v) is 8.14. The molecule has 2 aromatic carbocycles. The molecule has 8 heteroatoms. The molecule has 1 unspecified atom stereocenters. The monoisotopic (exact) mass is 393 g/mol. The Morgan fingerprint density at radius 2 is 1.78 bits per heavy atom. The molecule has 0 aliphatic heterocycles. The molecule has 0 aromatic heterocycles. The smallest absolute Gasteiger partial charge is 0.305 e. The van der Waals surface area contributed by atoms with Gasteiger partial charge < -0.3 is 10.4 Å². The van der Waals surface area contributed by atoms with Crippen LogP contribution in [-0.4, -0.2) is 31.7 Å². The molecule has 1 amide bonds. The van der Waals surface area contributed by atoms with Crippen LogP contribution in [0.1, 0.15) is 40.9 Å². The van der Waals surface area contributed by atoms with E-state index in [1.54, 1.807) is 6.07 Å². The van der Waals surface area contributed by atoms with Gasteiger partial charge in [0.2, 0.25) is 0 Å². The summed E-state index contributed by atoms with van der Waals surface area (Å²) in [5.74, 6) is -2.20. The molecule has 0 bridgehead atoms. The molecule has 0 radical (unpaired) electrons. The Labute approximate surface area is 157 Å². The molecule has 1 atom stereocenters. The quantitative estimate of drug-likeness (QED) is 0.753. The lowest BCUT2D eigenvalue weighted by Crippen LogP contribution is -2.31. The van der Waals surface area contributed by atoms with Gasteiger partial charge in [0, 0.05) is 11.8 Å². The van der Waals surface area contributed by atoms with Crippen molar-refractivity contribution in [1.82, 2.24) is 5.32 Å². The Balaban J connectivity index is 2.39. The van der Waals surface area contributed by atoms with Gasteiger partial charge in [-0.3, -0.25) is 9.59 Å². The Kier molecular flexibility index (Phi) is 6.32. The third kappa shape index (κ3) is 5.37. The number of hydrogen-bond acceptors (Lipinski definition) is 4. The molecule has 27 heavy (non-hydrogen) atoms. The summed E-state index contributed by atoms with van der Waals surface area (Å²) in [7, 11) is -3.50. The van der Waals surface area contributed by atoms with Crippen molar-refractivity contribution in [2.75, 3.05) is 6.26 Å². The van der Waals surface area contributed by atoms with E-state index >= 15 is 0 Å². The molecule has 6 nitrogen and oxygen atoms in total. The first kappa shape index (κ1) is 20.6. The highest BCUT2D eigenvalue weighted by Gasteiger charge is 2.21. The zero-order chi connectivity index (χ0) is 20.2. The average molecular weight is 393 g/mol. The second-order valence-electron chi connectivity index (χ2n) is 6.12. The fourth-order valence-electron chi connectivity index (χ4n) is 2.66. The van der Waals surface area contributed by atoms with Gasteiger partial charge in [0.25, 0.3) is 5.91 Å². The van der Waals surface area contributed by atoms with E-state index in [1.807, 2.05) is 6.92 Å². The molecule has 2 rings (SSSR count). The largest absolute Gasteiger partial charge is 0.481 e. The number of hydrogen-bond donors (Lipinski definition) is 2. The Morgan fingerprint density at radius 1 is 1.15 bits per heavy atom. The van der Waals surface area contributed by atoms with Gasteiger partial charge in [0.1, 0.15) is 5.82 Å². The van der Waals surface area contributed by atoms with Crippen molar-refractivity contribution in [3.8, 4) is 0 Å². The van der Waals surface area contributed by atoms with Gasteiger partial charge in [-0.1, -0.05) is 25.1 Å². The predicted molar refractivity (Wildman–Crippen MR) is 97.8 cm³/mol. The third-order valence-electron chi connectivity index (χ3n) is 4.09. The Bertz CT molecular complexity index is 955. The van der Waals surface area contributed by atoms with Crippen molar-refractivity contribution in [3.05, 3.63) is 65.0 Å². The van der Waals surface area contributed by atoms with Gasteiger partial charge in [-0.15, -0.1) is 0 Å². The van der Waals surface area contributed by atoms with E-state index in [-0.39, 0.29) is 10.5 Å². The molecule has 0 saturated carbocycles. The van der Waals surface area contributed by atoms with Gasteiger partial charge in [0.15, 0.2) is 9.84 Å². The molecule has 0 saturated heterocycles. The molecular weight excluding hydrogens is 373 g/mol. The molecule has 2 aromatic rings. The second kappa shape index (κ2) is 8.30. The number of carboxylic acids is 1. The standard InChI is InChI=1S/C19H20FNO5S/c1-3-12-6-9-15(27(2,25)26)10-16(12)19(24)21-17(11-18(22)23)13-4-7-14(20)8-5-13/h4-10,17H,3,11H2,1-2H3,(H,21,24)(H,22,23). The lowest BCUT2D eigenvalue weighted by Gasteiger charge is -2.19. The summed E-state index contributed by atoms with van der Waals surface area (Å²) in [6.07, 6.45) is 1.14. The van der Waals surface area contributed by atoms with Crippen LogP contribution in [0.4, 0.5) is 4.39 Å². The third-order valence-corrected chi connectivity index (χ3v) is 5.20. The van der Waals surface area contributed by atoms with Crippen LogP contribution < -0.4 is 5.32 Å². The molecule has 0 spiro atoms. The fourth-order valence-corrected chi connectivity index (χ4v) is 3.31. The number of rotatable bonds is 7. The maximum atomic E-state index is 13.1. The molecule has 0 heterocycles. The van der Waals surface area contributed by atoms with Gasteiger partial charge in [-0.2, -0.15) is 0 Å². The van der Waals surface area contributed by atoms with Gasteiger partial charge in [-0.05, 0) is 41.8 Å². The van der Waals surface area contributed by atoms with Crippen LogP contribution in [0.5, 0.6) is 0 Å². The van der Waals surface area contributed by atoms with Gasteiger partial charge >= 0.3 is 5.97 Å². The summed E-state index contributed by atoms with van der Waals surface area (Å²) in [5, 5.41) is 11.7. The molecular formula is C19H20FNO5S. The first-order valence-corrected chi connectivity index (χ1v) is 10.1. The molecule has 2 N–H and O–H groups in total. The van der Waals surface area contributed by atoms with Crippen molar-refractivity contribution < 1.29 is 27.5 Å². The summed E-state index contributed by atoms with van der Waals surface area (Å²) in [4.78, 5) is 23.9. The highest BCUT2D eigenvalue weighted by Crippen LogP contribution is 2.21. The highest BCUT2D eigenvalue weighted by molar-refractivity contribution is 7.90. The van der Waals surface area contributed by atoms with Crippen molar-refractivity contribution in [3.63, 3.8) is 0 Å². The van der Waals surface area contributed by atoms with E-state index in [4.69, 9.17) is 5.11 Å². The molecule has 144 valence electrons. The average Bonchev–Trinajstić information content (AvgIpc) is 2.60. The normalized spacial score (nSPS) is 12.4. The maximum Gasteiger partial charge on any atom is 0.305 e. The minimum absolute atomic E-state index is 0.00131. The SMILES string of the molecule is CCc1ccc(S(C)(=O)=O)cc1C(=O)NC(CC(=O)O)c1ccc(F)cc1. The summed E-state index contributed by atoms with van der Waals surface area (Å²) < 4.78 is 36.7. The van der Waals surface area contributed by atoms with Crippen LogP contribution in [0.15, 0.2) is 47.4 Å². The number of amides is 1. The fraction of sp³-hybridized carbons (Fsp3) is 0.263. The minimum atomic E-state index is -3.50. The van der Waals surface area contributed by atoms with Crippen LogP contribution in [0.3, 0.4) is 0 Å². The summed E-state index contributed by atoms with van der Waals surface area (Å²) in [6, 6.07) is 8.55. The zero-order valence-electron chi connectivity index (χ0n) is 14.9. The number of carbonyl (C=O) groups excluding carboxylic acids is 1. The van der Waals surface area contributed by atoms with E-state index in [2.05, 4.69) is 5.32 Å². The van der Waals surface area contributed by atoms with E-state index in [9.17, 15) is 22.4 Å². The van der Waals surface area contributed by atoms with E-state index in [1.165, 1.54) is 36.4 Å². The van der Waals surface area contributed by atoms with E-state index in [0.29, 0.717) is 17.5 Å². The number of aryl methyl sites for hydroxylation is 1. The van der Waals surface area contributed by atoms with Crippen LogP contribution in [0, 0.1) is 5.82 Å². The van der Waals surface area contributed by atoms with Crippen LogP contribution in [0.2, 0.25) is 0 Å². The number of carbonyl (C=O) groups is 2. The Hall–Kier alpha value is -2.74. The van der Waals surface area contributed by atoms with Crippen LogP contribution in [-0.2, 0) is 21.1 Å². The van der Waals surface area contributed by atoms with Crippen molar-refractivity contribution in [1.29, 1.82) is 0 Å². The predicted octanol–water partition coefficient (Wildman–Crippen LogP) is 2.74. The van der Waals surface area contributed by atoms with E-state index < -0.39 is 40.0 Å². The summed E-state index contributed by atoms with van der Waals surface area (Å²) in [6.45, 7) is 1.82. The summed E-state index contributed by atoms with van der Waals surface area (Å²) in [5.41, 5.74) is 1.23. The number of carboxylic acid groups (broad SMARTS) is 1. The topological polar surface area (TPSA) is 101 Å². The van der Waals surface area contributed by atoms with Crippen LogP contribution >= 0.6 is 0 Å². The maximum absolute atomic E-state index is 13.1. The van der Waals surface area contributed by atoms with Crippen molar-refractivity contribution >= 4 is 21.7 Å². The molecule has 0 aliphatic carbocycles. The first-order valence-electron chi connectivity index (χ1n) is 8.23. The zero-order valence-corrected chi connectivity index (χ0v) is 15.7. The minimum Gasteiger partial charge on any atom is -0.481 e.